The lowest BCUT2D eigenvalue weighted by Gasteiger charge is -2.35. The Hall–Kier alpha value is -2.53. The maximum atomic E-state index is 12.8. The Morgan fingerprint density at radius 2 is 1.86 bits per heavy atom. The summed E-state index contributed by atoms with van der Waals surface area (Å²) < 4.78 is 24.5. The quantitative estimate of drug-likeness (QED) is 0.498. The molecule has 1 fully saturated rings. The molecule has 1 aromatic heterocycles. The van der Waals surface area contributed by atoms with Crippen molar-refractivity contribution in [2.45, 2.75) is 4.90 Å². The standard InChI is InChI=1S/C17H17BrN4O5S/c1-28(26,27)15-9-12(8-14(10-15)22(24)25)17(23)21-6-4-20(5-7-21)16-3-2-13(18)11-19-16/h2-3,8-11H,4-7H2,1H3. The predicted molar refractivity (Wildman–Crippen MR) is 106 cm³/mol. The fourth-order valence-corrected chi connectivity index (χ4v) is 3.81. The van der Waals surface area contributed by atoms with E-state index < -0.39 is 26.4 Å². The minimum absolute atomic E-state index is 0.00941. The predicted octanol–water partition coefficient (Wildman–Crippen LogP) is 2.12. The van der Waals surface area contributed by atoms with Crippen molar-refractivity contribution in [3.8, 4) is 0 Å². The fraction of sp³-hybridized carbons (Fsp3) is 0.294. The number of nitro benzene ring substituents is 1. The van der Waals surface area contributed by atoms with Crippen LogP contribution in [0.5, 0.6) is 0 Å². The molecule has 0 atom stereocenters. The van der Waals surface area contributed by atoms with Gasteiger partial charge < -0.3 is 9.80 Å². The third-order valence-corrected chi connectivity index (χ3v) is 5.94. The van der Waals surface area contributed by atoms with E-state index in [0.29, 0.717) is 26.2 Å². The van der Waals surface area contributed by atoms with Crippen LogP contribution in [0.15, 0.2) is 45.9 Å². The molecule has 2 aromatic rings. The number of rotatable bonds is 4. The highest BCUT2D eigenvalue weighted by molar-refractivity contribution is 9.10. The first kappa shape index (κ1) is 20.2. The van der Waals surface area contributed by atoms with Gasteiger partial charge in [-0.25, -0.2) is 13.4 Å². The summed E-state index contributed by atoms with van der Waals surface area (Å²) in [5.74, 6) is 0.363. The van der Waals surface area contributed by atoms with Crippen molar-refractivity contribution in [2.75, 3.05) is 37.3 Å². The van der Waals surface area contributed by atoms with E-state index in [1.54, 1.807) is 11.1 Å². The van der Waals surface area contributed by atoms with Crippen LogP contribution in [0.4, 0.5) is 11.5 Å². The molecule has 1 amide bonds. The Morgan fingerprint density at radius 3 is 2.39 bits per heavy atom. The summed E-state index contributed by atoms with van der Waals surface area (Å²) in [5.41, 5.74) is -0.436. The number of sulfone groups is 1. The van der Waals surface area contributed by atoms with Crippen LogP contribution in [0.1, 0.15) is 10.4 Å². The molecule has 0 N–H and O–H groups in total. The summed E-state index contributed by atoms with van der Waals surface area (Å²) >= 11 is 3.33. The van der Waals surface area contributed by atoms with E-state index in [-0.39, 0.29) is 10.5 Å². The van der Waals surface area contributed by atoms with Crippen LogP contribution < -0.4 is 4.90 Å². The van der Waals surface area contributed by atoms with Gasteiger partial charge in [-0.2, -0.15) is 0 Å². The van der Waals surface area contributed by atoms with Gasteiger partial charge in [-0.3, -0.25) is 14.9 Å². The van der Waals surface area contributed by atoms with Crippen molar-refractivity contribution in [2.24, 2.45) is 0 Å². The number of non-ortho nitro benzene ring substituents is 1. The maximum absolute atomic E-state index is 12.8. The summed E-state index contributed by atoms with van der Waals surface area (Å²) in [4.78, 5) is 30.9. The second-order valence-electron chi connectivity index (χ2n) is 6.36. The first-order chi connectivity index (χ1) is 13.1. The van der Waals surface area contributed by atoms with Gasteiger partial charge in [0.1, 0.15) is 5.82 Å². The Morgan fingerprint density at radius 1 is 1.18 bits per heavy atom. The zero-order chi connectivity index (χ0) is 20.5. The van der Waals surface area contributed by atoms with E-state index >= 15 is 0 Å². The molecular formula is C17H17BrN4O5S. The molecule has 9 nitrogen and oxygen atoms in total. The van der Waals surface area contributed by atoms with Gasteiger partial charge in [0.2, 0.25) is 0 Å². The van der Waals surface area contributed by atoms with Gasteiger partial charge in [-0.05, 0) is 34.1 Å². The number of benzene rings is 1. The molecule has 1 saturated heterocycles. The Kier molecular flexibility index (Phi) is 5.66. The van der Waals surface area contributed by atoms with Crippen LogP contribution in [0, 0.1) is 10.1 Å². The van der Waals surface area contributed by atoms with E-state index in [1.165, 1.54) is 6.07 Å². The van der Waals surface area contributed by atoms with E-state index in [9.17, 15) is 23.3 Å². The molecule has 0 radical (unpaired) electrons. The van der Waals surface area contributed by atoms with Crippen LogP contribution in [0.3, 0.4) is 0 Å². The molecule has 148 valence electrons. The second-order valence-corrected chi connectivity index (χ2v) is 9.29. The summed E-state index contributed by atoms with van der Waals surface area (Å²) in [5, 5.41) is 11.1. The monoisotopic (exact) mass is 468 g/mol. The van der Waals surface area contributed by atoms with Crippen molar-refractivity contribution in [3.05, 3.63) is 56.7 Å². The van der Waals surface area contributed by atoms with E-state index in [2.05, 4.69) is 20.9 Å². The number of carbonyl (C=O) groups excluding carboxylic acids is 1. The molecule has 11 heteroatoms. The lowest BCUT2D eigenvalue weighted by Crippen LogP contribution is -2.49. The normalized spacial score (nSPS) is 14.8. The second kappa shape index (κ2) is 7.84. The van der Waals surface area contributed by atoms with E-state index in [1.807, 2.05) is 17.0 Å². The van der Waals surface area contributed by atoms with Crippen LogP contribution in [-0.2, 0) is 9.84 Å². The van der Waals surface area contributed by atoms with Crippen molar-refractivity contribution in [1.82, 2.24) is 9.88 Å². The Bertz CT molecular complexity index is 1020. The summed E-state index contributed by atoms with van der Waals surface area (Å²) in [7, 11) is -3.69. The van der Waals surface area contributed by atoms with Gasteiger partial charge in [0.05, 0.1) is 9.82 Å². The smallest absolute Gasteiger partial charge is 0.271 e. The molecule has 0 spiro atoms. The molecule has 0 unspecified atom stereocenters. The Labute approximate surface area is 170 Å². The van der Waals surface area contributed by atoms with Gasteiger partial charge in [0, 0.05) is 60.8 Å². The van der Waals surface area contributed by atoms with E-state index in [4.69, 9.17) is 0 Å². The minimum atomic E-state index is -3.69. The summed E-state index contributed by atoms with van der Waals surface area (Å²) in [6, 6.07) is 7.02. The first-order valence-corrected chi connectivity index (χ1v) is 11.0. The largest absolute Gasteiger partial charge is 0.353 e. The number of amides is 1. The summed E-state index contributed by atoms with van der Waals surface area (Å²) in [6.45, 7) is 1.89. The fourth-order valence-electron chi connectivity index (χ4n) is 2.90. The molecule has 1 aromatic carbocycles. The number of hydrogen-bond acceptors (Lipinski definition) is 7. The Balaban J connectivity index is 1.78. The number of nitrogens with zero attached hydrogens (tertiary/aromatic N) is 4. The zero-order valence-corrected chi connectivity index (χ0v) is 17.3. The van der Waals surface area contributed by atoms with Gasteiger partial charge in [-0.1, -0.05) is 0 Å². The topological polar surface area (TPSA) is 114 Å². The van der Waals surface area contributed by atoms with Crippen LogP contribution in [-0.4, -0.2) is 61.6 Å². The van der Waals surface area contributed by atoms with Gasteiger partial charge in [-0.15, -0.1) is 0 Å². The minimum Gasteiger partial charge on any atom is -0.353 e. The molecule has 0 saturated carbocycles. The molecule has 3 rings (SSSR count). The number of halogens is 1. The first-order valence-electron chi connectivity index (χ1n) is 8.30. The van der Waals surface area contributed by atoms with Crippen molar-refractivity contribution >= 4 is 43.2 Å². The third kappa shape index (κ3) is 4.47. The van der Waals surface area contributed by atoms with Crippen LogP contribution >= 0.6 is 15.9 Å². The van der Waals surface area contributed by atoms with Crippen molar-refractivity contribution < 1.29 is 18.1 Å². The van der Waals surface area contributed by atoms with Crippen molar-refractivity contribution in [3.63, 3.8) is 0 Å². The lowest BCUT2D eigenvalue weighted by molar-refractivity contribution is -0.385. The molecule has 28 heavy (non-hydrogen) atoms. The average molecular weight is 469 g/mol. The third-order valence-electron chi connectivity index (χ3n) is 4.38. The number of pyridine rings is 1. The molecular weight excluding hydrogens is 452 g/mol. The van der Waals surface area contributed by atoms with Crippen molar-refractivity contribution in [1.29, 1.82) is 0 Å². The number of piperazine rings is 1. The van der Waals surface area contributed by atoms with Gasteiger partial charge in [0.15, 0.2) is 9.84 Å². The number of nitro groups is 1. The number of hydrogen-bond donors (Lipinski definition) is 0. The van der Waals surface area contributed by atoms with Crippen LogP contribution in [0.25, 0.3) is 0 Å². The zero-order valence-electron chi connectivity index (χ0n) is 14.9. The molecule has 2 heterocycles. The highest BCUT2D eigenvalue weighted by Gasteiger charge is 2.26. The number of aromatic nitrogens is 1. The van der Waals surface area contributed by atoms with Gasteiger partial charge >= 0.3 is 0 Å². The highest BCUT2D eigenvalue weighted by atomic mass is 79.9. The molecule has 0 aliphatic carbocycles. The lowest BCUT2D eigenvalue weighted by atomic mass is 10.1. The SMILES string of the molecule is CS(=O)(=O)c1cc(C(=O)N2CCN(c3ccc(Br)cn3)CC2)cc([N+](=O)[O-])c1. The highest BCUT2D eigenvalue weighted by Crippen LogP contribution is 2.23. The average Bonchev–Trinajstić information content (AvgIpc) is 2.67. The number of carbonyl (C=O) groups is 1. The summed E-state index contributed by atoms with van der Waals surface area (Å²) in [6.07, 6.45) is 2.65. The maximum Gasteiger partial charge on any atom is 0.271 e. The van der Waals surface area contributed by atoms with Crippen LogP contribution in [0.2, 0.25) is 0 Å². The number of anilines is 1. The van der Waals surface area contributed by atoms with Gasteiger partial charge in [0.25, 0.3) is 11.6 Å². The van der Waals surface area contributed by atoms with E-state index in [0.717, 1.165) is 28.7 Å². The molecule has 1 aliphatic rings. The molecule has 0 bridgehead atoms. The molecule has 1 aliphatic heterocycles.